The average Bonchev–Trinajstić information content (AvgIpc) is 2.46. The molecule has 2 aromatic carbocycles. The van der Waals surface area contributed by atoms with Gasteiger partial charge < -0.3 is 10.6 Å². The number of hydrogen-bond acceptors (Lipinski definition) is 2. The highest BCUT2D eigenvalue weighted by Gasteiger charge is 2.10. The third kappa shape index (κ3) is 4.25. The molecule has 2 aromatic rings. The molecule has 4 heteroatoms. The van der Waals surface area contributed by atoms with Crippen molar-refractivity contribution in [1.82, 2.24) is 0 Å². The van der Waals surface area contributed by atoms with Crippen molar-refractivity contribution < 1.29 is 0 Å². The van der Waals surface area contributed by atoms with E-state index in [1.807, 2.05) is 0 Å². The zero-order valence-corrected chi connectivity index (χ0v) is 16.6. The Morgan fingerprint density at radius 2 is 0.833 bits per heavy atom. The first-order valence-corrected chi connectivity index (χ1v) is 8.69. The Morgan fingerprint density at radius 1 is 0.583 bits per heavy atom. The topological polar surface area (TPSA) is 24.1 Å². The molecular formula is C20H24Cl2N2. The lowest BCUT2D eigenvalue weighted by atomic mass is 10.1. The van der Waals surface area contributed by atoms with Crippen molar-refractivity contribution in [1.29, 1.82) is 0 Å². The minimum absolute atomic E-state index is 0.381. The fraction of sp³-hybridized carbons (Fsp3) is 0.300. The van der Waals surface area contributed by atoms with Gasteiger partial charge in [-0.05, 0) is 63.8 Å². The maximum absolute atomic E-state index is 6.41. The quantitative estimate of drug-likeness (QED) is 0.593. The van der Waals surface area contributed by atoms with Crippen LogP contribution in [0.4, 0.5) is 11.4 Å². The summed E-state index contributed by atoms with van der Waals surface area (Å²) in [6.07, 6.45) is 0. The average molecular weight is 363 g/mol. The number of hydrogen-bond donors (Lipinski definition) is 2. The molecule has 128 valence electrons. The molecule has 0 aromatic heterocycles. The van der Waals surface area contributed by atoms with Crippen LogP contribution in [0.2, 0.25) is 0 Å². The van der Waals surface area contributed by atoms with Crippen LogP contribution in [-0.4, -0.2) is 0 Å². The molecule has 0 aliphatic rings. The Kier molecular flexibility index (Phi) is 5.84. The Hall–Kier alpha value is -1.64. The van der Waals surface area contributed by atoms with Crippen LogP contribution in [0, 0.1) is 41.5 Å². The van der Waals surface area contributed by atoms with Crippen molar-refractivity contribution in [2.75, 3.05) is 10.6 Å². The number of anilines is 2. The van der Waals surface area contributed by atoms with Crippen LogP contribution in [0.3, 0.4) is 0 Å². The molecule has 0 unspecified atom stereocenters. The fourth-order valence-electron chi connectivity index (χ4n) is 3.08. The number of nitrogens with one attached hydrogen (secondary N) is 2. The minimum Gasteiger partial charge on any atom is -0.343 e. The molecule has 0 heterocycles. The smallest absolute Gasteiger partial charge is 0.142 e. The Bertz CT molecular complexity index is 694. The summed E-state index contributed by atoms with van der Waals surface area (Å²) in [4.78, 5) is 0. The lowest BCUT2D eigenvalue weighted by Gasteiger charge is -2.17. The van der Waals surface area contributed by atoms with Crippen molar-refractivity contribution in [3.8, 4) is 0 Å². The van der Waals surface area contributed by atoms with Crippen LogP contribution < -0.4 is 10.6 Å². The van der Waals surface area contributed by atoms with Crippen LogP contribution in [0.15, 0.2) is 34.6 Å². The molecule has 0 fully saturated rings. The molecule has 2 N–H and O–H groups in total. The first-order valence-electron chi connectivity index (χ1n) is 7.94. The SMILES string of the molecule is Cc1cc(C)c(N/C(Cl)=C(/Cl)Nc2c(C)cc(C)cc2C)c(C)c1. The van der Waals surface area contributed by atoms with Crippen LogP contribution in [0.1, 0.15) is 33.4 Å². The molecule has 0 atom stereocenters. The zero-order chi connectivity index (χ0) is 18.0. The maximum atomic E-state index is 6.41. The summed E-state index contributed by atoms with van der Waals surface area (Å²) in [6.45, 7) is 12.4. The van der Waals surface area contributed by atoms with Gasteiger partial charge in [0.15, 0.2) is 0 Å². The number of halogens is 2. The van der Waals surface area contributed by atoms with Crippen LogP contribution in [0.25, 0.3) is 0 Å². The molecule has 2 nitrogen and oxygen atoms in total. The molecule has 0 aliphatic heterocycles. The van der Waals surface area contributed by atoms with Gasteiger partial charge in [-0.2, -0.15) is 0 Å². The molecule has 0 bridgehead atoms. The van der Waals surface area contributed by atoms with Crippen molar-refractivity contribution in [2.45, 2.75) is 41.5 Å². The summed E-state index contributed by atoms with van der Waals surface area (Å²) in [5.41, 5.74) is 8.98. The number of aryl methyl sites for hydroxylation is 6. The molecule has 2 rings (SSSR count). The highest BCUT2D eigenvalue weighted by atomic mass is 35.5. The lowest BCUT2D eigenvalue weighted by molar-refractivity contribution is 1.28. The maximum Gasteiger partial charge on any atom is 0.142 e. The summed E-state index contributed by atoms with van der Waals surface area (Å²) in [5, 5.41) is 7.21. The predicted molar refractivity (Wildman–Crippen MR) is 107 cm³/mol. The molecule has 0 amide bonds. The van der Waals surface area contributed by atoms with Gasteiger partial charge in [0.05, 0.1) is 0 Å². The highest BCUT2D eigenvalue weighted by Crippen LogP contribution is 2.29. The van der Waals surface area contributed by atoms with Crippen molar-refractivity contribution in [3.05, 3.63) is 68.0 Å². The van der Waals surface area contributed by atoms with E-state index in [0.29, 0.717) is 10.3 Å². The van der Waals surface area contributed by atoms with Gasteiger partial charge in [0.1, 0.15) is 10.3 Å². The van der Waals surface area contributed by atoms with Gasteiger partial charge in [-0.3, -0.25) is 0 Å². The monoisotopic (exact) mass is 362 g/mol. The normalized spacial score (nSPS) is 12.0. The summed E-state index contributed by atoms with van der Waals surface area (Å²) >= 11 is 12.8. The Balaban J connectivity index is 2.30. The summed E-state index contributed by atoms with van der Waals surface area (Å²) in [5.74, 6) is 0. The standard InChI is InChI=1S/C20H24Cl2N2/c1-11-7-13(3)17(14(4)8-11)23-19(21)20(22)24-18-15(5)9-12(2)10-16(18)6/h7-10,23-24H,1-6H3/b20-19-. The Labute approximate surface area is 154 Å². The lowest BCUT2D eigenvalue weighted by Crippen LogP contribution is -2.06. The van der Waals surface area contributed by atoms with E-state index in [2.05, 4.69) is 76.4 Å². The third-order valence-electron chi connectivity index (χ3n) is 4.02. The largest absolute Gasteiger partial charge is 0.343 e. The molecule has 0 radical (unpaired) electrons. The van der Waals surface area contributed by atoms with Gasteiger partial charge >= 0.3 is 0 Å². The highest BCUT2D eigenvalue weighted by molar-refractivity contribution is 6.40. The van der Waals surface area contributed by atoms with Gasteiger partial charge in [-0.25, -0.2) is 0 Å². The first-order chi connectivity index (χ1) is 11.2. The van der Waals surface area contributed by atoms with Gasteiger partial charge in [0.25, 0.3) is 0 Å². The summed E-state index contributed by atoms with van der Waals surface area (Å²) in [6, 6.07) is 8.48. The van der Waals surface area contributed by atoms with E-state index in [0.717, 1.165) is 33.6 Å². The predicted octanol–water partition coefficient (Wildman–Crippen LogP) is 6.67. The molecule has 0 saturated heterocycles. The van der Waals surface area contributed by atoms with Crippen LogP contribution in [0.5, 0.6) is 0 Å². The van der Waals surface area contributed by atoms with Crippen LogP contribution in [-0.2, 0) is 0 Å². The van der Waals surface area contributed by atoms with Gasteiger partial charge in [0, 0.05) is 11.4 Å². The first kappa shape index (κ1) is 18.7. The second-order valence-electron chi connectivity index (χ2n) is 6.43. The fourth-order valence-corrected chi connectivity index (χ4v) is 3.37. The summed E-state index contributed by atoms with van der Waals surface area (Å²) < 4.78 is 0. The molecule has 0 aliphatic carbocycles. The van der Waals surface area contributed by atoms with Crippen molar-refractivity contribution in [3.63, 3.8) is 0 Å². The van der Waals surface area contributed by atoms with E-state index in [4.69, 9.17) is 23.2 Å². The van der Waals surface area contributed by atoms with E-state index < -0.39 is 0 Å². The van der Waals surface area contributed by atoms with Gasteiger partial charge in [-0.1, -0.05) is 58.6 Å². The molecule has 24 heavy (non-hydrogen) atoms. The molecule has 0 spiro atoms. The van der Waals surface area contributed by atoms with E-state index >= 15 is 0 Å². The number of benzene rings is 2. The van der Waals surface area contributed by atoms with Gasteiger partial charge in [-0.15, -0.1) is 0 Å². The molecule has 0 saturated carbocycles. The van der Waals surface area contributed by atoms with E-state index in [1.54, 1.807) is 0 Å². The van der Waals surface area contributed by atoms with Gasteiger partial charge in [0.2, 0.25) is 0 Å². The third-order valence-corrected chi connectivity index (χ3v) is 4.68. The molecular weight excluding hydrogens is 339 g/mol. The van der Waals surface area contributed by atoms with E-state index in [9.17, 15) is 0 Å². The van der Waals surface area contributed by atoms with E-state index in [1.165, 1.54) is 11.1 Å². The second-order valence-corrected chi connectivity index (χ2v) is 7.18. The minimum atomic E-state index is 0.381. The van der Waals surface area contributed by atoms with Crippen molar-refractivity contribution in [2.24, 2.45) is 0 Å². The summed E-state index contributed by atoms with van der Waals surface area (Å²) in [7, 11) is 0. The second kappa shape index (κ2) is 7.50. The Morgan fingerprint density at radius 3 is 1.08 bits per heavy atom. The van der Waals surface area contributed by atoms with E-state index in [-0.39, 0.29) is 0 Å². The van der Waals surface area contributed by atoms with Crippen molar-refractivity contribution >= 4 is 34.6 Å². The number of rotatable bonds is 4. The zero-order valence-electron chi connectivity index (χ0n) is 15.1. The van der Waals surface area contributed by atoms with Crippen LogP contribution >= 0.6 is 23.2 Å².